The lowest BCUT2D eigenvalue weighted by Crippen LogP contribution is -2.44. The second-order valence-electron chi connectivity index (χ2n) is 6.01. The first-order chi connectivity index (χ1) is 11.1. The lowest BCUT2D eigenvalue weighted by atomic mass is 10.2. The largest absolute Gasteiger partial charge is 0.351 e. The summed E-state index contributed by atoms with van der Waals surface area (Å²) in [7, 11) is 1.36. The van der Waals surface area contributed by atoms with Gasteiger partial charge in [0.25, 0.3) is 0 Å². The van der Waals surface area contributed by atoms with Crippen LogP contribution >= 0.6 is 11.6 Å². The van der Waals surface area contributed by atoms with Gasteiger partial charge in [0.2, 0.25) is 5.91 Å². The first-order valence-corrected chi connectivity index (χ1v) is 7.78. The number of hydrogen-bond donors (Lipinski definition) is 2. The molecular formula is C16H22ClN3O4. The van der Waals surface area contributed by atoms with Crippen LogP contribution < -0.4 is 15.7 Å². The summed E-state index contributed by atoms with van der Waals surface area (Å²) in [6.07, 6.45) is -0.0364. The van der Waals surface area contributed by atoms with Gasteiger partial charge >= 0.3 is 11.8 Å². The van der Waals surface area contributed by atoms with Crippen LogP contribution in [0.25, 0.3) is 0 Å². The van der Waals surface area contributed by atoms with Gasteiger partial charge in [0.05, 0.1) is 5.60 Å². The molecule has 8 heteroatoms. The fraction of sp³-hybridized carbons (Fsp3) is 0.438. The fourth-order valence-corrected chi connectivity index (χ4v) is 1.88. The van der Waals surface area contributed by atoms with Crippen molar-refractivity contribution in [3.05, 3.63) is 29.3 Å². The number of carbonyl (C=O) groups excluding carboxylic acids is 3. The number of anilines is 1. The van der Waals surface area contributed by atoms with E-state index in [1.165, 1.54) is 11.9 Å². The highest BCUT2D eigenvalue weighted by Crippen LogP contribution is 2.20. The summed E-state index contributed by atoms with van der Waals surface area (Å²) in [6, 6.07) is 6.49. The highest BCUT2D eigenvalue weighted by molar-refractivity contribution is 6.40. The highest BCUT2D eigenvalue weighted by atomic mass is 35.5. The standard InChI is InChI=1S/C16H22ClN3O4/c1-16(2,3)24-19-13(21)8-9-20(15(23)14(22)18-4)12-7-5-6-11(17)10-12/h5-7,10H,8-9H2,1-4H3,(H,18,22)(H,19,21). The molecule has 3 amide bonds. The van der Waals surface area contributed by atoms with Crippen molar-refractivity contribution in [2.45, 2.75) is 32.8 Å². The molecule has 0 fully saturated rings. The van der Waals surface area contributed by atoms with E-state index < -0.39 is 23.3 Å². The molecule has 0 spiro atoms. The maximum Gasteiger partial charge on any atom is 0.316 e. The van der Waals surface area contributed by atoms with Crippen molar-refractivity contribution >= 4 is 35.0 Å². The Kier molecular flexibility index (Phi) is 7.18. The zero-order valence-corrected chi connectivity index (χ0v) is 14.9. The maximum absolute atomic E-state index is 12.2. The lowest BCUT2D eigenvalue weighted by molar-refractivity contribution is -0.145. The molecule has 0 aromatic heterocycles. The SMILES string of the molecule is CNC(=O)C(=O)N(CCC(=O)NOC(C)(C)C)c1cccc(Cl)c1. The van der Waals surface area contributed by atoms with Gasteiger partial charge in [-0.1, -0.05) is 17.7 Å². The van der Waals surface area contributed by atoms with Gasteiger partial charge in [-0.15, -0.1) is 0 Å². The van der Waals surface area contributed by atoms with Crippen LogP contribution in [-0.2, 0) is 19.2 Å². The zero-order valence-electron chi connectivity index (χ0n) is 14.2. The number of rotatable bonds is 5. The monoisotopic (exact) mass is 355 g/mol. The molecule has 1 rings (SSSR count). The molecule has 7 nitrogen and oxygen atoms in total. The summed E-state index contributed by atoms with van der Waals surface area (Å²) in [5, 5.41) is 2.69. The summed E-state index contributed by atoms with van der Waals surface area (Å²) in [5.74, 6) is -1.95. The van der Waals surface area contributed by atoms with E-state index in [-0.39, 0.29) is 13.0 Å². The molecule has 0 bridgehead atoms. The molecule has 0 unspecified atom stereocenters. The van der Waals surface area contributed by atoms with Gasteiger partial charge in [-0.2, -0.15) is 0 Å². The Hall–Kier alpha value is -2.12. The molecule has 24 heavy (non-hydrogen) atoms. The van der Waals surface area contributed by atoms with Crippen LogP contribution in [0.1, 0.15) is 27.2 Å². The van der Waals surface area contributed by atoms with E-state index in [1.807, 2.05) is 0 Å². The van der Waals surface area contributed by atoms with E-state index in [0.717, 1.165) is 0 Å². The van der Waals surface area contributed by atoms with Gasteiger partial charge < -0.3 is 10.2 Å². The van der Waals surface area contributed by atoms with Gasteiger partial charge in [0, 0.05) is 30.7 Å². The average Bonchev–Trinajstić information content (AvgIpc) is 2.51. The van der Waals surface area contributed by atoms with E-state index >= 15 is 0 Å². The zero-order chi connectivity index (χ0) is 18.3. The Morgan fingerprint density at radius 1 is 1.25 bits per heavy atom. The van der Waals surface area contributed by atoms with Crippen molar-refractivity contribution < 1.29 is 19.2 Å². The number of nitrogens with one attached hydrogen (secondary N) is 2. The summed E-state index contributed by atoms with van der Waals surface area (Å²) >= 11 is 5.93. The number of benzene rings is 1. The Morgan fingerprint density at radius 2 is 1.92 bits per heavy atom. The second-order valence-corrected chi connectivity index (χ2v) is 6.44. The smallest absolute Gasteiger partial charge is 0.316 e. The molecule has 1 aromatic carbocycles. The number of likely N-dealkylation sites (N-methyl/N-ethyl adjacent to an activating group) is 1. The Balaban J connectivity index is 2.82. The highest BCUT2D eigenvalue weighted by Gasteiger charge is 2.23. The molecule has 0 aliphatic carbocycles. The molecule has 0 aliphatic rings. The number of halogens is 1. The van der Waals surface area contributed by atoms with Crippen LogP contribution in [0.15, 0.2) is 24.3 Å². The molecule has 0 aliphatic heterocycles. The van der Waals surface area contributed by atoms with Gasteiger partial charge in [-0.25, -0.2) is 5.48 Å². The number of carbonyl (C=O) groups is 3. The van der Waals surface area contributed by atoms with Crippen LogP contribution in [0.4, 0.5) is 5.69 Å². The van der Waals surface area contributed by atoms with Crippen molar-refractivity contribution in [1.82, 2.24) is 10.8 Å². The molecule has 1 aromatic rings. The van der Waals surface area contributed by atoms with Crippen LogP contribution in [-0.4, -0.2) is 36.9 Å². The number of hydroxylamine groups is 1. The van der Waals surface area contributed by atoms with E-state index in [4.69, 9.17) is 16.4 Å². The third-order valence-corrected chi connectivity index (χ3v) is 3.05. The lowest BCUT2D eigenvalue weighted by Gasteiger charge is -2.23. The molecule has 0 radical (unpaired) electrons. The molecule has 0 heterocycles. The maximum atomic E-state index is 12.2. The minimum absolute atomic E-state index is 0.00588. The summed E-state index contributed by atoms with van der Waals surface area (Å²) < 4.78 is 0. The minimum Gasteiger partial charge on any atom is -0.351 e. The van der Waals surface area contributed by atoms with Crippen molar-refractivity contribution in [2.24, 2.45) is 0 Å². The van der Waals surface area contributed by atoms with Gasteiger partial charge in [0.1, 0.15) is 0 Å². The first kappa shape index (κ1) is 19.9. The van der Waals surface area contributed by atoms with E-state index in [0.29, 0.717) is 10.7 Å². The van der Waals surface area contributed by atoms with Gasteiger partial charge in [0.15, 0.2) is 0 Å². The first-order valence-electron chi connectivity index (χ1n) is 7.40. The summed E-state index contributed by atoms with van der Waals surface area (Å²) in [5.41, 5.74) is 2.22. The fourth-order valence-electron chi connectivity index (χ4n) is 1.70. The Bertz CT molecular complexity index is 614. The van der Waals surface area contributed by atoms with Crippen molar-refractivity contribution in [2.75, 3.05) is 18.5 Å². The summed E-state index contributed by atoms with van der Waals surface area (Å²) in [4.78, 5) is 42.1. The molecule has 0 saturated heterocycles. The molecule has 0 saturated carbocycles. The predicted molar refractivity (Wildman–Crippen MR) is 91.5 cm³/mol. The topological polar surface area (TPSA) is 87.7 Å². The van der Waals surface area contributed by atoms with E-state index in [2.05, 4.69) is 10.8 Å². The van der Waals surface area contributed by atoms with E-state index in [1.54, 1.807) is 45.0 Å². The van der Waals surface area contributed by atoms with Crippen LogP contribution in [0.2, 0.25) is 5.02 Å². The predicted octanol–water partition coefficient (Wildman–Crippen LogP) is 1.66. The number of nitrogens with zero attached hydrogens (tertiary/aromatic N) is 1. The molecular weight excluding hydrogens is 334 g/mol. The molecule has 132 valence electrons. The summed E-state index contributed by atoms with van der Waals surface area (Å²) in [6.45, 7) is 5.38. The Morgan fingerprint density at radius 3 is 2.46 bits per heavy atom. The van der Waals surface area contributed by atoms with Crippen molar-refractivity contribution in [3.63, 3.8) is 0 Å². The van der Waals surface area contributed by atoms with Crippen LogP contribution in [0, 0.1) is 0 Å². The van der Waals surface area contributed by atoms with Crippen LogP contribution in [0.5, 0.6) is 0 Å². The quantitative estimate of drug-likeness (QED) is 0.621. The van der Waals surface area contributed by atoms with Gasteiger partial charge in [-0.3, -0.25) is 19.2 Å². The van der Waals surface area contributed by atoms with E-state index in [9.17, 15) is 14.4 Å². The molecule has 2 N–H and O–H groups in total. The minimum atomic E-state index is -0.777. The van der Waals surface area contributed by atoms with Gasteiger partial charge in [-0.05, 0) is 39.0 Å². The van der Waals surface area contributed by atoms with Crippen molar-refractivity contribution in [3.8, 4) is 0 Å². The van der Waals surface area contributed by atoms with Crippen molar-refractivity contribution in [1.29, 1.82) is 0 Å². The van der Waals surface area contributed by atoms with Crippen LogP contribution in [0.3, 0.4) is 0 Å². The third-order valence-electron chi connectivity index (χ3n) is 2.82. The number of amides is 3. The Labute approximate surface area is 146 Å². The average molecular weight is 356 g/mol. The number of hydrogen-bond acceptors (Lipinski definition) is 4. The third kappa shape index (κ3) is 6.55. The second kappa shape index (κ2) is 8.65. The molecule has 0 atom stereocenters. The normalized spacial score (nSPS) is 10.9.